The van der Waals surface area contributed by atoms with Gasteiger partial charge in [0.15, 0.2) is 18.7 Å². The first-order chi connectivity index (χ1) is 26.0. The minimum atomic E-state index is -1.97. The van der Waals surface area contributed by atoms with Crippen molar-refractivity contribution in [1.82, 2.24) is 0 Å². The zero-order chi connectivity index (χ0) is 41.1. The Kier molecular flexibility index (Phi) is 11.0. The Morgan fingerprint density at radius 2 is 1.46 bits per heavy atom. The lowest BCUT2D eigenvalue weighted by molar-refractivity contribution is -0.375. The molecule has 0 aromatic heterocycles. The fraction of sp³-hybridized carbons (Fsp3) is 0.929. The van der Waals surface area contributed by atoms with Gasteiger partial charge in [-0.05, 0) is 103 Å². The third kappa shape index (κ3) is 6.21. The molecule has 2 saturated heterocycles. The van der Waals surface area contributed by atoms with E-state index in [9.17, 15) is 50.8 Å². The molecule has 14 heteroatoms. The van der Waals surface area contributed by atoms with E-state index in [1.54, 1.807) is 5.57 Å². The van der Waals surface area contributed by atoms with Gasteiger partial charge in [-0.25, -0.2) is 4.79 Å². The fourth-order valence-electron chi connectivity index (χ4n) is 13.6. The van der Waals surface area contributed by atoms with Crippen molar-refractivity contribution in [3.8, 4) is 0 Å². The highest BCUT2D eigenvalue weighted by Gasteiger charge is 2.69. The Morgan fingerprint density at radius 3 is 2.11 bits per heavy atom. The Bertz CT molecular complexity index is 1520. The summed E-state index contributed by atoms with van der Waals surface area (Å²) in [4.78, 5) is 12.2. The summed E-state index contributed by atoms with van der Waals surface area (Å²) in [7, 11) is 0. The average molecular weight is 797 g/mol. The molecule has 0 aromatic rings. The molecule has 6 fully saturated rings. The van der Waals surface area contributed by atoms with Crippen LogP contribution in [0.4, 0.5) is 0 Å². The molecule has 9 N–H and O–H groups in total. The monoisotopic (exact) mass is 796 g/mol. The van der Waals surface area contributed by atoms with Gasteiger partial charge in [0.25, 0.3) is 0 Å². The minimum Gasteiger partial charge on any atom is -0.479 e. The van der Waals surface area contributed by atoms with Gasteiger partial charge in [-0.2, -0.15) is 0 Å². The van der Waals surface area contributed by atoms with Crippen LogP contribution in [-0.4, -0.2) is 139 Å². The molecular formula is C42H68O14. The van der Waals surface area contributed by atoms with E-state index >= 15 is 0 Å². The van der Waals surface area contributed by atoms with Gasteiger partial charge >= 0.3 is 5.97 Å². The summed E-state index contributed by atoms with van der Waals surface area (Å²) in [5.41, 5.74) is 0.392. The lowest BCUT2D eigenvalue weighted by Gasteiger charge is -2.71. The second-order valence-electron chi connectivity index (χ2n) is 20.8. The van der Waals surface area contributed by atoms with Crippen LogP contribution in [0.3, 0.4) is 0 Å². The summed E-state index contributed by atoms with van der Waals surface area (Å²) in [6.07, 6.45) is -8.05. The van der Waals surface area contributed by atoms with Crippen molar-refractivity contribution < 1.29 is 69.7 Å². The SMILES string of the molecule is CC1(C)C[C@@H]2C3=CC[C@@H]4[C@@]5(C)CC[C@H](O[C@@H]6O[C@H](C(=O)O)[C@@H](O)[C@H](O)[C@H]6O[C@@H]6O[C@H](CO)[C@H](O)[C@H](O)[C@H]6O)[C@](C)(CO)[C@@H]5CC[C@@]4(C)[C@]3(C)CC[C@@]2(C)C[C@H]1O. The summed E-state index contributed by atoms with van der Waals surface area (Å²) in [5.74, 6) is -0.833. The van der Waals surface area contributed by atoms with Crippen molar-refractivity contribution in [2.45, 2.75) is 180 Å². The molecule has 0 bridgehead atoms. The van der Waals surface area contributed by atoms with Gasteiger partial charge in [-0.15, -0.1) is 0 Å². The van der Waals surface area contributed by atoms with Crippen molar-refractivity contribution in [3.63, 3.8) is 0 Å². The average Bonchev–Trinajstić information content (AvgIpc) is 3.13. The third-order valence-electron chi connectivity index (χ3n) is 17.5. The Morgan fingerprint density at radius 1 is 0.768 bits per heavy atom. The van der Waals surface area contributed by atoms with E-state index in [1.165, 1.54) is 0 Å². The fourth-order valence-corrected chi connectivity index (χ4v) is 13.6. The zero-order valence-corrected chi connectivity index (χ0v) is 34.1. The summed E-state index contributed by atoms with van der Waals surface area (Å²) in [5, 5.41) is 95.6. The number of carbonyl (C=O) groups is 1. The smallest absolute Gasteiger partial charge is 0.335 e. The molecule has 7 aliphatic rings. The molecule has 0 radical (unpaired) electrons. The maximum absolute atomic E-state index is 12.2. The molecule has 0 unspecified atom stereocenters. The number of aliphatic hydroxyl groups is 8. The molecule has 0 amide bonds. The quantitative estimate of drug-likeness (QED) is 0.132. The van der Waals surface area contributed by atoms with Gasteiger partial charge in [0.1, 0.15) is 42.7 Å². The van der Waals surface area contributed by atoms with Crippen LogP contribution >= 0.6 is 0 Å². The Hall–Kier alpha value is -1.27. The van der Waals surface area contributed by atoms with E-state index < -0.39 is 85.5 Å². The van der Waals surface area contributed by atoms with Crippen molar-refractivity contribution >= 4 is 5.97 Å². The molecule has 2 aliphatic heterocycles. The predicted molar refractivity (Wildman–Crippen MR) is 199 cm³/mol. The molecule has 20 atom stereocenters. The van der Waals surface area contributed by atoms with Crippen LogP contribution in [0.1, 0.15) is 106 Å². The summed E-state index contributed by atoms with van der Waals surface area (Å²) >= 11 is 0. The maximum atomic E-state index is 12.2. The maximum Gasteiger partial charge on any atom is 0.335 e. The molecule has 7 rings (SSSR count). The normalized spacial score (nSPS) is 55.5. The molecule has 5 aliphatic carbocycles. The number of rotatable bonds is 7. The highest BCUT2D eigenvalue weighted by Crippen LogP contribution is 2.76. The molecule has 2 heterocycles. The summed E-state index contributed by atoms with van der Waals surface area (Å²) < 4.78 is 23.9. The van der Waals surface area contributed by atoms with Crippen LogP contribution < -0.4 is 0 Å². The predicted octanol–water partition coefficient (Wildman–Crippen LogP) is 1.85. The molecule has 14 nitrogen and oxygen atoms in total. The van der Waals surface area contributed by atoms with Crippen LogP contribution in [0.25, 0.3) is 0 Å². The molecular weight excluding hydrogens is 728 g/mol. The lowest BCUT2D eigenvalue weighted by atomic mass is 9.33. The minimum absolute atomic E-state index is 0.00724. The zero-order valence-electron chi connectivity index (χ0n) is 34.1. The standard InChI is InChI=1S/C42H68O14/c1-37(2)16-21-20-8-9-24-39(4)12-11-26(40(5,19-44)23(39)10-13-42(24,7)41(20,6)15-14-38(21,3)17-25(37)45)54-36-33(30(49)29(48)32(55-36)34(51)52)56-35-31(50)28(47)27(46)22(18-43)53-35/h8,21-33,35-36,43-50H,9-19H2,1-7H3,(H,51,52)/t21-,22-,23-,24-,25-,26+,27+,28+,29+,30+,31-,32+,33-,35+,36-,38+,39+,40-,41-,42-/m1/s1. The number of fused-ring (bicyclic) bond motifs is 7. The van der Waals surface area contributed by atoms with Crippen LogP contribution in [0.5, 0.6) is 0 Å². The second-order valence-corrected chi connectivity index (χ2v) is 20.8. The van der Waals surface area contributed by atoms with Gasteiger partial charge < -0.3 is 64.9 Å². The Labute approximate surface area is 330 Å². The second kappa shape index (κ2) is 14.4. The third-order valence-corrected chi connectivity index (χ3v) is 17.5. The van der Waals surface area contributed by atoms with E-state index in [0.717, 1.165) is 51.4 Å². The molecule has 56 heavy (non-hydrogen) atoms. The number of hydrogen-bond donors (Lipinski definition) is 9. The summed E-state index contributed by atoms with van der Waals surface area (Å²) in [6.45, 7) is 15.1. The number of allylic oxidation sites excluding steroid dienone is 2. The first kappa shape index (κ1) is 42.8. The highest BCUT2D eigenvalue weighted by molar-refractivity contribution is 5.73. The van der Waals surface area contributed by atoms with Gasteiger partial charge in [-0.3, -0.25) is 0 Å². The molecule has 320 valence electrons. The number of aliphatic carboxylic acids is 1. The van der Waals surface area contributed by atoms with E-state index in [0.29, 0.717) is 18.3 Å². The van der Waals surface area contributed by atoms with Gasteiger partial charge in [0.2, 0.25) is 0 Å². The van der Waals surface area contributed by atoms with Crippen molar-refractivity contribution in [2.24, 2.45) is 50.2 Å². The first-order valence-corrected chi connectivity index (χ1v) is 20.9. The van der Waals surface area contributed by atoms with Crippen LogP contribution in [0, 0.1) is 50.2 Å². The van der Waals surface area contributed by atoms with E-state index in [2.05, 4.69) is 47.6 Å². The van der Waals surface area contributed by atoms with Gasteiger partial charge in [0, 0.05) is 5.41 Å². The summed E-state index contributed by atoms with van der Waals surface area (Å²) in [6, 6.07) is 0. The topological polar surface area (TPSA) is 236 Å². The van der Waals surface area contributed by atoms with Crippen molar-refractivity contribution in [1.29, 1.82) is 0 Å². The number of carboxylic acid groups (broad SMARTS) is 1. The lowest BCUT2D eigenvalue weighted by Crippen LogP contribution is -2.68. The molecule has 0 aromatic carbocycles. The Balaban J connectivity index is 1.17. The van der Waals surface area contributed by atoms with Crippen molar-refractivity contribution in [3.05, 3.63) is 11.6 Å². The largest absolute Gasteiger partial charge is 0.479 e. The van der Waals surface area contributed by atoms with E-state index in [4.69, 9.17) is 18.9 Å². The van der Waals surface area contributed by atoms with E-state index in [-0.39, 0.29) is 45.7 Å². The molecule has 0 spiro atoms. The van der Waals surface area contributed by atoms with Crippen LogP contribution in [-0.2, 0) is 23.7 Å². The molecule has 4 saturated carbocycles. The van der Waals surface area contributed by atoms with Crippen LogP contribution in [0.15, 0.2) is 11.6 Å². The van der Waals surface area contributed by atoms with Crippen LogP contribution in [0.2, 0.25) is 0 Å². The number of carboxylic acids is 1. The first-order valence-electron chi connectivity index (χ1n) is 20.9. The van der Waals surface area contributed by atoms with E-state index in [1.807, 2.05) is 6.92 Å². The number of ether oxygens (including phenoxy) is 4. The number of hydrogen-bond acceptors (Lipinski definition) is 13. The highest BCUT2D eigenvalue weighted by atomic mass is 16.8. The van der Waals surface area contributed by atoms with Gasteiger partial charge in [0.05, 0.1) is 25.4 Å². The van der Waals surface area contributed by atoms with Crippen molar-refractivity contribution in [2.75, 3.05) is 13.2 Å². The van der Waals surface area contributed by atoms with Gasteiger partial charge in [-0.1, -0.05) is 60.1 Å². The number of aliphatic hydroxyl groups excluding tert-OH is 8.